The highest BCUT2D eigenvalue weighted by atomic mass is 79.9. The van der Waals surface area contributed by atoms with Crippen LogP contribution in [0.25, 0.3) is 0 Å². The minimum Gasteiger partial charge on any atom is -0.444 e. The number of carbonyl (C=O) groups excluding carboxylic acids is 2. The fraction of sp³-hybridized carbons (Fsp3) is 0.286. The van der Waals surface area contributed by atoms with Gasteiger partial charge in [-0.1, -0.05) is 30.3 Å². The van der Waals surface area contributed by atoms with Gasteiger partial charge < -0.3 is 9.64 Å². The maximum atomic E-state index is 13.5. The lowest BCUT2D eigenvalue weighted by molar-refractivity contribution is 0.0633. The maximum Gasteiger partial charge on any atom is 0.412 e. The Bertz CT molecular complexity index is 1470. The standard InChI is InChI=1S/C28H30BrN3O5S/c1-28(2,3)37-27(34)30-24-12-8-9-20-18-32(16-15-22(20)24)26(33)19-13-14-23(29)25(17-19)38(35,36)31(4)21-10-6-5-7-11-21/h5-14,17H,15-16,18H2,1-4H3,(H,30,34). The highest BCUT2D eigenvalue weighted by Gasteiger charge is 2.28. The van der Waals surface area contributed by atoms with Crippen LogP contribution >= 0.6 is 15.9 Å². The molecule has 0 unspecified atom stereocenters. The van der Waals surface area contributed by atoms with Gasteiger partial charge >= 0.3 is 6.09 Å². The molecule has 0 radical (unpaired) electrons. The number of fused-ring (bicyclic) bond motifs is 1. The molecule has 8 nitrogen and oxygen atoms in total. The molecule has 0 spiro atoms. The van der Waals surface area contributed by atoms with E-state index in [4.69, 9.17) is 4.74 Å². The first-order valence-electron chi connectivity index (χ1n) is 12.1. The second-order valence-electron chi connectivity index (χ2n) is 10.0. The molecule has 2 amide bonds. The van der Waals surface area contributed by atoms with Crippen molar-refractivity contribution in [2.24, 2.45) is 0 Å². The predicted molar refractivity (Wildman–Crippen MR) is 151 cm³/mol. The van der Waals surface area contributed by atoms with Crippen LogP contribution in [0.1, 0.15) is 42.3 Å². The quantitative estimate of drug-likeness (QED) is 0.398. The molecule has 1 aliphatic heterocycles. The van der Waals surface area contributed by atoms with Gasteiger partial charge in [0, 0.05) is 35.9 Å². The Morgan fingerprint density at radius 1 is 1.03 bits per heavy atom. The molecule has 0 atom stereocenters. The molecule has 0 saturated heterocycles. The lowest BCUT2D eigenvalue weighted by Crippen LogP contribution is -2.36. The van der Waals surface area contributed by atoms with E-state index in [-0.39, 0.29) is 16.4 Å². The Morgan fingerprint density at radius 3 is 2.42 bits per heavy atom. The zero-order valence-corrected chi connectivity index (χ0v) is 24.1. The van der Waals surface area contributed by atoms with E-state index >= 15 is 0 Å². The van der Waals surface area contributed by atoms with Crippen LogP contribution in [0.3, 0.4) is 0 Å². The lowest BCUT2D eigenvalue weighted by atomic mass is 9.97. The van der Waals surface area contributed by atoms with Gasteiger partial charge in [-0.15, -0.1) is 0 Å². The molecule has 200 valence electrons. The van der Waals surface area contributed by atoms with Gasteiger partial charge in [-0.25, -0.2) is 13.2 Å². The first-order valence-corrected chi connectivity index (χ1v) is 14.3. The van der Waals surface area contributed by atoms with Gasteiger partial charge in [0.15, 0.2) is 0 Å². The zero-order chi connectivity index (χ0) is 27.7. The molecule has 0 aliphatic carbocycles. The highest BCUT2D eigenvalue weighted by molar-refractivity contribution is 9.10. The number of ether oxygens (including phenoxy) is 1. The fourth-order valence-corrected chi connectivity index (χ4v) is 6.40. The largest absolute Gasteiger partial charge is 0.444 e. The van der Waals surface area contributed by atoms with Crippen LogP contribution in [0.15, 0.2) is 76.1 Å². The number of benzene rings is 3. The smallest absolute Gasteiger partial charge is 0.412 e. The summed E-state index contributed by atoms with van der Waals surface area (Å²) in [5, 5.41) is 2.82. The van der Waals surface area contributed by atoms with Gasteiger partial charge in [0.2, 0.25) is 0 Å². The van der Waals surface area contributed by atoms with Crippen molar-refractivity contribution >= 4 is 49.3 Å². The van der Waals surface area contributed by atoms with Crippen LogP contribution in [0.2, 0.25) is 0 Å². The van der Waals surface area contributed by atoms with Gasteiger partial charge in [-0.3, -0.25) is 14.4 Å². The Labute approximate surface area is 231 Å². The summed E-state index contributed by atoms with van der Waals surface area (Å²) in [5.41, 5.74) is 2.69. The number of hydrogen-bond acceptors (Lipinski definition) is 5. The monoisotopic (exact) mass is 599 g/mol. The average molecular weight is 601 g/mol. The molecule has 4 rings (SSSR count). The number of rotatable bonds is 5. The van der Waals surface area contributed by atoms with Gasteiger partial charge in [-0.05, 0) is 90.6 Å². The fourth-order valence-electron chi connectivity index (χ4n) is 4.25. The Morgan fingerprint density at radius 2 is 1.74 bits per heavy atom. The second-order valence-corrected chi connectivity index (χ2v) is 12.8. The number of carbonyl (C=O) groups is 2. The normalized spacial score (nSPS) is 13.4. The number of halogens is 1. The van der Waals surface area contributed by atoms with E-state index in [1.165, 1.54) is 17.4 Å². The SMILES string of the molecule is CN(c1ccccc1)S(=O)(=O)c1cc(C(=O)N2CCc3c(cccc3NC(=O)OC(C)(C)C)C2)ccc1Br. The molecular formula is C28H30BrN3O5S. The van der Waals surface area contributed by atoms with Crippen molar-refractivity contribution in [3.05, 3.63) is 87.9 Å². The third-order valence-electron chi connectivity index (χ3n) is 6.13. The third kappa shape index (κ3) is 6.02. The van der Waals surface area contributed by atoms with Crippen LogP contribution in [0.4, 0.5) is 16.2 Å². The number of amides is 2. The van der Waals surface area contributed by atoms with E-state index in [9.17, 15) is 18.0 Å². The molecule has 0 saturated carbocycles. The molecule has 0 bridgehead atoms. The number of para-hydroxylation sites is 1. The van der Waals surface area contributed by atoms with Crippen molar-refractivity contribution in [1.29, 1.82) is 0 Å². The summed E-state index contributed by atoms with van der Waals surface area (Å²) in [5.74, 6) is -0.271. The van der Waals surface area contributed by atoms with Crippen LogP contribution in [-0.2, 0) is 27.7 Å². The molecule has 1 N–H and O–H groups in total. The summed E-state index contributed by atoms with van der Waals surface area (Å²) in [4.78, 5) is 27.5. The minimum atomic E-state index is -3.92. The number of nitrogens with zero attached hydrogens (tertiary/aromatic N) is 2. The Balaban J connectivity index is 1.55. The Hall–Kier alpha value is -3.37. The maximum absolute atomic E-state index is 13.5. The number of anilines is 2. The Kier molecular flexibility index (Phi) is 7.85. The summed E-state index contributed by atoms with van der Waals surface area (Å²) >= 11 is 3.34. The molecule has 3 aromatic carbocycles. The van der Waals surface area contributed by atoms with E-state index in [0.717, 1.165) is 11.1 Å². The summed E-state index contributed by atoms with van der Waals surface area (Å²) < 4.78 is 33.8. The lowest BCUT2D eigenvalue weighted by Gasteiger charge is -2.30. The molecule has 0 fully saturated rings. The van der Waals surface area contributed by atoms with E-state index in [1.54, 1.807) is 62.1 Å². The first kappa shape index (κ1) is 27.7. The predicted octanol–water partition coefficient (Wildman–Crippen LogP) is 5.82. The third-order valence-corrected chi connectivity index (χ3v) is 8.90. The summed E-state index contributed by atoms with van der Waals surface area (Å²) in [6.07, 6.45) is -0.000609. The van der Waals surface area contributed by atoms with Gasteiger partial charge in [0.05, 0.1) is 5.69 Å². The van der Waals surface area contributed by atoms with E-state index in [1.807, 2.05) is 24.3 Å². The summed E-state index contributed by atoms with van der Waals surface area (Å²) in [6, 6.07) is 18.9. The van der Waals surface area contributed by atoms with Gasteiger partial charge in [0.25, 0.3) is 15.9 Å². The van der Waals surface area contributed by atoms with Crippen LogP contribution < -0.4 is 9.62 Å². The number of nitrogens with one attached hydrogen (secondary N) is 1. The van der Waals surface area contributed by atoms with Crippen LogP contribution in [-0.4, -0.2) is 44.5 Å². The molecule has 3 aromatic rings. The van der Waals surface area contributed by atoms with Gasteiger partial charge in [0.1, 0.15) is 10.5 Å². The van der Waals surface area contributed by atoms with Crippen molar-refractivity contribution < 1.29 is 22.7 Å². The number of sulfonamides is 1. The second kappa shape index (κ2) is 10.8. The molecule has 10 heteroatoms. The van der Waals surface area contributed by atoms with Crippen molar-refractivity contribution in [3.63, 3.8) is 0 Å². The first-order chi connectivity index (χ1) is 17.9. The average Bonchev–Trinajstić information content (AvgIpc) is 2.87. The molecule has 38 heavy (non-hydrogen) atoms. The van der Waals surface area contributed by atoms with E-state index in [0.29, 0.717) is 35.4 Å². The van der Waals surface area contributed by atoms with Crippen molar-refractivity contribution in [1.82, 2.24) is 4.90 Å². The topological polar surface area (TPSA) is 96.0 Å². The van der Waals surface area contributed by atoms with Crippen LogP contribution in [0.5, 0.6) is 0 Å². The highest BCUT2D eigenvalue weighted by Crippen LogP contribution is 2.31. The summed E-state index contributed by atoms with van der Waals surface area (Å²) in [6.45, 7) is 6.15. The molecule has 1 aliphatic rings. The molecule has 0 aromatic heterocycles. The van der Waals surface area contributed by atoms with Gasteiger partial charge in [-0.2, -0.15) is 0 Å². The van der Waals surface area contributed by atoms with Crippen LogP contribution in [0, 0.1) is 0 Å². The minimum absolute atomic E-state index is 0.0101. The van der Waals surface area contributed by atoms with E-state index < -0.39 is 21.7 Å². The van der Waals surface area contributed by atoms with Crippen molar-refractivity contribution in [2.75, 3.05) is 23.2 Å². The molecular weight excluding hydrogens is 570 g/mol. The zero-order valence-electron chi connectivity index (χ0n) is 21.7. The van der Waals surface area contributed by atoms with E-state index in [2.05, 4.69) is 21.2 Å². The summed E-state index contributed by atoms with van der Waals surface area (Å²) in [7, 11) is -2.44. The van der Waals surface area contributed by atoms with Crippen molar-refractivity contribution in [2.45, 2.75) is 44.2 Å². The molecule has 1 heterocycles. The number of hydrogen-bond donors (Lipinski definition) is 1. The van der Waals surface area contributed by atoms with Crippen molar-refractivity contribution in [3.8, 4) is 0 Å².